The van der Waals surface area contributed by atoms with Gasteiger partial charge in [0.05, 0.1) is 0 Å². The lowest BCUT2D eigenvalue weighted by molar-refractivity contribution is -0.118. The molecule has 0 saturated carbocycles. The van der Waals surface area contributed by atoms with Gasteiger partial charge in [0.25, 0.3) is 0 Å². The zero-order valence-corrected chi connectivity index (χ0v) is 14.2. The van der Waals surface area contributed by atoms with Crippen molar-refractivity contribution in [3.8, 4) is 0 Å². The molecule has 1 atom stereocenters. The summed E-state index contributed by atoms with van der Waals surface area (Å²) in [4.78, 5) is 24.0. The summed E-state index contributed by atoms with van der Waals surface area (Å²) in [6, 6.07) is 2.24. The Morgan fingerprint density at radius 1 is 1.45 bits per heavy atom. The molecule has 1 unspecified atom stereocenters. The zero-order chi connectivity index (χ0) is 16.5. The molecule has 1 aromatic carbocycles. The number of amides is 2. The highest BCUT2D eigenvalue weighted by molar-refractivity contribution is 9.10. The van der Waals surface area contributed by atoms with Crippen LogP contribution in [0.3, 0.4) is 0 Å². The first-order valence-electron chi connectivity index (χ1n) is 6.94. The normalized spacial score (nSPS) is 18.0. The first kappa shape index (κ1) is 16.7. The van der Waals surface area contributed by atoms with E-state index < -0.39 is 17.7 Å². The molecule has 1 aromatic rings. The molecule has 0 bridgehead atoms. The number of rotatable bonds is 1. The Morgan fingerprint density at radius 3 is 2.77 bits per heavy atom. The van der Waals surface area contributed by atoms with E-state index in [1.54, 1.807) is 26.8 Å². The molecule has 2 amide bonds. The summed E-state index contributed by atoms with van der Waals surface area (Å²) in [5.74, 6) is -0.773. The molecular weight excluding hydrogens is 355 g/mol. The largest absolute Gasteiger partial charge is 0.444 e. The molecule has 0 aliphatic carbocycles. The van der Waals surface area contributed by atoms with Crippen molar-refractivity contribution in [1.29, 1.82) is 0 Å². The molecule has 1 aliphatic heterocycles. The molecule has 0 saturated heterocycles. The van der Waals surface area contributed by atoms with E-state index in [1.807, 2.05) is 0 Å². The van der Waals surface area contributed by atoms with Gasteiger partial charge in [-0.05, 0) is 45.7 Å². The number of nitrogens with one attached hydrogen (secondary N) is 2. The van der Waals surface area contributed by atoms with E-state index in [0.717, 1.165) is 0 Å². The van der Waals surface area contributed by atoms with E-state index in [4.69, 9.17) is 4.74 Å². The van der Waals surface area contributed by atoms with Gasteiger partial charge in [0.15, 0.2) is 0 Å². The van der Waals surface area contributed by atoms with Gasteiger partial charge in [0, 0.05) is 15.7 Å². The second kappa shape index (κ2) is 6.24. The second-order valence-corrected chi connectivity index (χ2v) is 7.06. The predicted octanol–water partition coefficient (Wildman–Crippen LogP) is 3.37. The van der Waals surface area contributed by atoms with E-state index in [9.17, 15) is 14.0 Å². The maximum Gasteiger partial charge on any atom is 0.408 e. The maximum atomic E-state index is 14.0. The van der Waals surface area contributed by atoms with Crippen molar-refractivity contribution >= 4 is 33.6 Å². The number of alkyl carbamates (subject to hydrolysis) is 1. The van der Waals surface area contributed by atoms with Gasteiger partial charge in [-0.3, -0.25) is 4.79 Å². The molecule has 0 spiro atoms. The van der Waals surface area contributed by atoms with Crippen LogP contribution in [0, 0.1) is 5.82 Å². The number of ether oxygens (including phenoxy) is 1. The average molecular weight is 373 g/mol. The fraction of sp³-hybridized carbons (Fsp3) is 0.467. The molecule has 120 valence electrons. The van der Waals surface area contributed by atoms with Crippen LogP contribution in [-0.4, -0.2) is 23.6 Å². The van der Waals surface area contributed by atoms with Crippen LogP contribution in [0.1, 0.15) is 32.8 Å². The molecule has 0 radical (unpaired) electrons. The lowest BCUT2D eigenvalue weighted by Crippen LogP contribution is -2.45. The maximum absolute atomic E-state index is 14.0. The van der Waals surface area contributed by atoms with E-state index in [0.29, 0.717) is 28.6 Å². The van der Waals surface area contributed by atoms with Gasteiger partial charge in [-0.1, -0.05) is 15.9 Å². The third kappa shape index (κ3) is 4.19. The summed E-state index contributed by atoms with van der Waals surface area (Å²) in [6.45, 7) is 5.22. The van der Waals surface area contributed by atoms with Crippen molar-refractivity contribution in [2.24, 2.45) is 0 Å². The average Bonchev–Trinajstić information content (AvgIpc) is 2.47. The smallest absolute Gasteiger partial charge is 0.408 e. The molecule has 7 heteroatoms. The Morgan fingerprint density at radius 2 is 2.14 bits per heavy atom. The summed E-state index contributed by atoms with van der Waals surface area (Å²) < 4.78 is 19.6. The van der Waals surface area contributed by atoms with Crippen LogP contribution in [-0.2, 0) is 16.0 Å². The van der Waals surface area contributed by atoms with Gasteiger partial charge >= 0.3 is 6.09 Å². The van der Waals surface area contributed by atoms with E-state index in [1.165, 1.54) is 6.07 Å². The van der Waals surface area contributed by atoms with Crippen LogP contribution in [0.2, 0.25) is 0 Å². The summed E-state index contributed by atoms with van der Waals surface area (Å²) in [5.41, 5.74) is 0.209. The van der Waals surface area contributed by atoms with Crippen LogP contribution >= 0.6 is 15.9 Å². The summed E-state index contributed by atoms with van der Waals surface area (Å²) in [6.07, 6.45) is -0.0233. The molecule has 1 aliphatic rings. The van der Waals surface area contributed by atoms with Crippen LogP contribution in [0.5, 0.6) is 0 Å². The van der Waals surface area contributed by atoms with Crippen LogP contribution in [0.15, 0.2) is 16.6 Å². The Balaban J connectivity index is 2.11. The predicted molar refractivity (Wildman–Crippen MR) is 84.2 cm³/mol. The number of carbonyl (C=O) groups is 2. The van der Waals surface area contributed by atoms with E-state index in [2.05, 4.69) is 26.6 Å². The van der Waals surface area contributed by atoms with Gasteiger partial charge < -0.3 is 15.4 Å². The lowest BCUT2D eigenvalue weighted by Gasteiger charge is -2.22. The van der Waals surface area contributed by atoms with Gasteiger partial charge in [-0.2, -0.15) is 0 Å². The first-order chi connectivity index (χ1) is 10.2. The monoisotopic (exact) mass is 372 g/mol. The van der Waals surface area contributed by atoms with E-state index >= 15 is 0 Å². The summed E-state index contributed by atoms with van der Waals surface area (Å²) in [5, 5.41) is 5.17. The van der Waals surface area contributed by atoms with Crippen molar-refractivity contribution in [2.45, 2.75) is 45.3 Å². The van der Waals surface area contributed by atoms with Crippen LogP contribution in [0.25, 0.3) is 0 Å². The van der Waals surface area contributed by atoms with Crippen molar-refractivity contribution in [1.82, 2.24) is 5.32 Å². The first-order valence-corrected chi connectivity index (χ1v) is 7.73. The summed E-state index contributed by atoms with van der Waals surface area (Å²) >= 11 is 3.19. The van der Waals surface area contributed by atoms with E-state index in [-0.39, 0.29) is 11.7 Å². The van der Waals surface area contributed by atoms with Crippen LogP contribution in [0.4, 0.5) is 14.9 Å². The Bertz CT molecular complexity index is 614. The molecule has 2 rings (SSSR count). The second-order valence-electron chi connectivity index (χ2n) is 6.14. The number of fused-ring (bicyclic) bond motifs is 1. The Kier molecular flexibility index (Phi) is 4.75. The SMILES string of the molecule is CC(C)(C)OC(=O)NC1CCc2c(F)cc(Br)cc2NC1=O. The zero-order valence-electron chi connectivity index (χ0n) is 12.6. The van der Waals surface area contributed by atoms with Crippen LogP contribution < -0.4 is 10.6 Å². The van der Waals surface area contributed by atoms with Crippen molar-refractivity contribution in [3.05, 3.63) is 28.0 Å². The molecule has 1 heterocycles. The van der Waals surface area contributed by atoms with Crippen molar-refractivity contribution < 1.29 is 18.7 Å². The number of anilines is 1. The summed E-state index contributed by atoms with van der Waals surface area (Å²) in [7, 11) is 0. The molecule has 2 N–H and O–H groups in total. The highest BCUT2D eigenvalue weighted by Gasteiger charge is 2.28. The van der Waals surface area contributed by atoms with Crippen molar-refractivity contribution in [3.63, 3.8) is 0 Å². The molecule has 22 heavy (non-hydrogen) atoms. The Hall–Kier alpha value is -1.63. The fourth-order valence-corrected chi connectivity index (χ4v) is 2.63. The highest BCUT2D eigenvalue weighted by atomic mass is 79.9. The quantitative estimate of drug-likeness (QED) is 0.793. The van der Waals surface area contributed by atoms with Gasteiger partial charge in [-0.25, -0.2) is 9.18 Å². The number of halogens is 2. The molecule has 0 aromatic heterocycles. The van der Waals surface area contributed by atoms with Gasteiger partial charge in [-0.15, -0.1) is 0 Å². The van der Waals surface area contributed by atoms with Crippen molar-refractivity contribution in [2.75, 3.05) is 5.32 Å². The molecular formula is C15H18BrFN2O3. The van der Waals surface area contributed by atoms with Gasteiger partial charge in [0.1, 0.15) is 17.5 Å². The minimum Gasteiger partial charge on any atom is -0.444 e. The third-order valence-corrected chi connectivity index (χ3v) is 3.57. The Labute approximate surface area is 136 Å². The lowest BCUT2D eigenvalue weighted by atomic mass is 10.1. The number of benzene rings is 1. The fourth-order valence-electron chi connectivity index (χ4n) is 2.20. The third-order valence-electron chi connectivity index (χ3n) is 3.11. The topological polar surface area (TPSA) is 67.4 Å². The number of carbonyl (C=O) groups excluding carboxylic acids is 2. The highest BCUT2D eigenvalue weighted by Crippen LogP contribution is 2.28. The number of hydrogen-bond donors (Lipinski definition) is 2. The number of hydrogen-bond acceptors (Lipinski definition) is 3. The minimum absolute atomic E-state index is 0.302. The van der Waals surface area contributed by atoms with Gasteiger partial charge in [0.2, 0.25) is 5.91 Å². The molecule has 0 fully saturated rings. The standard InChI is InChI=1S/C15H18BrFN2O3/c1-15(2,3)22-14(21)19-11-5-4-9-10(17)6-8(16)7-12(9)18-13(11)20/h6-7,11H,4-5H2,1-3H3,(H,18,20)(H,19,21). The minimum atomic E-state index is -0.763. The molecule has 5 nitrogen and oxygen atoms in total.